The molecule has 0 heterocycles. The molecule has 3 aromatic carbocycles. The zero-order valence-corrected chi connectivity index (χ0v) is 11.5. The molecule has 0 aliphatic heterocycles. The van der Waals surface area contributed by atoms with Gasteiger partial charge in [0.2, 0.25) is 0 Å². The molecule has 2 nitrogen and oxygen atoms in total. The predicted molar refractivity (Wildman–Crippen MR) is 81.3 cm³/mol. The highest BCUT2D eigenvalue weighted by atomic mass is 19.1. The third-order valence-electron chi connectivity index (χ3n) is 3.52. The molecule has 3 rings (SSSR count). The number of carbonyl (C=O) groups excluding carboxylic acids is 1. The lowest BCUT2D eigenvalue weighted by Crippen LogP contribution is -1.91. The third-order valence-corrected chi connectivity index (χ3v) is 3.52. The lowest BCUT2D eigenvalue weighted by atomic mass is 9.96. The predicted octanol–water partition coefficient (Wildman–Crippen LogP) is 4.47. The van der Waals surface area contributed by atoms with Crippen molar-refractivity contribution in [1.82, 2.24) is 0 Å². The van der Waals surface area contributed by atoms with Crippen LogP contribution in [-0.2, 0) is 0 Å². The Bertz CT molecular complexity index is 825. The van der Waals surface area contributed by atoms with Crippen molar-refractivity contribution in [2.75, 3.05) is 7.11 Å². The van der Waals surface area contributed by atoms with Crippen LogP contribution in [0.25, 0.3) is 21.9 Å². The van der Waals surface area contributed by atoms with Crippen LogP contribution in [-0.4, -0.2) is 13.4 Å². The molecule has 0 saturated carbocycles. The minimum Gasteiger partial charge on any atom is -0.496 e. The van der Waals surface area contributed by atoms with E-state index in [0.717, 1.165) is 22.1 Å². The molecule has 0 fully saturated rings. The lowest BCUT2D eigenvalue weighted by molar-refractivity contribution is 0.112. The summed E-state index contributed by atoms with van der Waals surface area (Å²) in [4.78, 5) is 10.9. The van der Waals surface area contributed by atoms with Crippen molar-refractivity contribution in [2.45, 2.75) is 0 Å². The summed E-state index contributed by atoms with van der Waals surface area (Å²) in [6, 6.07) is 15.6. The SMILES string of the molecule is COc1ccc(-c2cc(C=O)ccc2F)c2ccccc12. The monoisotopic (exact) mass is 280 g/mol. The maximum atomic E-state index is 14.2. The van der Waals surface area contributed by atoms with E-state index < -0.39 is 0 Å². The first-order valence-corrected chi connectivity index (χ1v) is 6.55. The van der Waals surface area contributed by atoms with Gasteiger partial charge in [-0.2, -0.15) is 0 Å². The maximum Gasteiger partial charge on any atom is 0.150 e. The molecular formula is C18H13FO2. The van der Waals surface area contributed by atoms with Gasteiger partial charge in [-0.25, -0.2) is 4.39 Å². The van der Waals surface area contributed by atoms with Gasteiger partial charge in [0.15, 0.2) is 0 Å². The van der Waals surface area contributed by atoms with Gasteiger partial charge in [0.25, 0.3) is 0 Å². The fraction of sp³-hybridized carbons (Fsp3) is 0.0556. The van der Waals surface area contributed by atoms with Crippen molar-refractivity contribution in [3.63, 3.8) is 0 Å². The zero-order valence-electron chi connectivity index (χ0n) is 11.5. The molecule has 0 saturated heterocycles. The van der Waals surface area contributed by atoms with Crippen LogP contribution in [0, 0.1) is 5.82 Å². The van der Waals surface area contributed by atoms with E-state index in [1.54, 1.807) is 13.2 Å². The Morgan fingerprint density at radius 1 is 0.952 bits per heavy atom. The molecule has 104 valence electrons. The van der Waals surface area contributed by atoms with Gasteiger partial charge in [-0.15, -0.1) is 0 Å². The number of aldehydes is 1. The van der Waals surface area contributed by atoms with Gasteiger partial charge in [0, 0.05) is 16.5 Å². The largest absolute Gasteiger partial charge is 0.496 e. The van der Waals surface area contributed by atoms with Crippen LogP contribution >= 0.6 is 0 Å². The topological polar surface area (TPSA) is 26.3 Å². The van der Waals surface area contributed by atoms with Crippen LogP contribution in [0.15, 0.2) is 54.6 Å². The zero-order chi connectivity index (χ0) is 14.8. The van der Waals surface area contributed by atoms with Gasteiger partial charge in [-0.1, -0.05) is 24.3 Å². The molecule has 0 unspecified atom stereocenters. The molecule has 0 amide bonds. The number of methoxy groups -OCH3 is 1. The van der Waals surface area contributed by atoms with Gasteiger partial charge in [0.1, 0.15) is 17.9 Å². The highest BCUT2D eigenvalue weighted by Gasteiger charge is 2.12. The second-order valence-electron chi connectivity index (χ2n) is 4.72. The first kappa shape index (κ1) is 13.3. The Morgan fingerprint density at radius 3 is 2.43 bits per heavy atom. The van der Waals surface area contributed by atoms with Crippen molar-refractivity contribution < 1.29 is 13.9 Å². The van der Waals surface area contributed by atoms with E-state index in [1.807, 2.05) is 36.4 Å². The van der Waals surface area contributed by atoms with Crippen molar-refractivity contribution >= 4 is 17.1 Å². The smallest absolute Gasteiger partial charge is 0.150 e. The highest BCUT2D eigenvalue weighted by molar-refractivity contribution is 6.00. The minimum atomic E-state index is -0.351. The van der Waals surface area contributed by atoms with E-state index in [0.29, 0.717) is 17.4 Å². The molecule has 3 heteroatoms. The molecule has 0 spiro atoms. The van der Waals surface area contributed by atoms with Crippen LogP contribution in [0.5, 0.6) is 5.75 Å². The Hall–Kier alpha value is -2.68. The molecule has 3 aromatic rings. The van der Waals surface area contributed by atoms with E-state index in [-0.39, 0.29) is 5.82 Å². The summed E-state index contributed by atoms with van der Waals surface area (Å²) in [5.74, 6) is 0.386. The van der Waals surface area contributed by atoms with Crippen LogP contribution in [0.4, 0.5) is 4.39 Å². The summed E-state index contributed by atoms with van der Waals surface area (Å²) in [6.07, 6.45) is 0.717. The Morgan fingerprint density at radius 2 is 1.71 bits per heavy atom. The minimum absolute atomic E-state index is 0.351. The normalized spacial score (nSPS) is 10.6. The number of fused-ring (bicyclic) bond motifs is 1. The van der Waals surface area contributed by atoms with Gasteiger partial charge in [0.05, 0.1) is 7.11 Å². The summed E-state index contributed by atoms with van der Waals surface area (Å²) in [5, 5.41) is 1.80. The first-order chi connectivity index (χ1) is 10.2. The molecule has 21 heavy (non-hydrogen) atoms. The maximum absolute atomic E-state index is 14.2. The van der Waals surface area contributed by atoms with Crippen LogP contribution in [0.3, 0.4) is 0 Å². The summed E-state index contributed by atoms with van der Waals surface area (Å²) in [7, 11) is 1.61. The van der Waals surface area contributed by atoms with Crippen molar-refractivity contribution in [3.05, 3.63) is 66.0 Å². The molecular weight excluding hydrogens is 267 g/mol. The number of ether oxygens (including phenoxy) is 1. The van der Waals surface area contributed by atoms with E-state index in [2.05, 4.69) is 0 Å². The first-order valence-electron chi connectivity index (χ1n) is 6.55. The number of benzene rings is 3. The molecule has 0 atom stereocenters. The van der Waals surface area contributed by atoms with Gasteiger partial charge in [-0.3, -0.25) is 4.79 Å². The summed E-state index contributed by atoms with van der Waals surface area (Å²) in [5.41, 5.74) is 1.61. The van der Waals surface area contributed by atoms with Crippen molar-refractivity contribution in [2.24, 2.45) is 0 Å². The van der Waals surface area contributed by atoms with Crippen LogP contribution in [0.1, 0.15) is 10.4 Å². The summed E-state index contributed by atoms with van der Waals surface area (Å²) >= 11 is 0. The van der Waals surface area contributed by atoms with Crippen LogP contribution < -0.4 is 4.74 Å². The lowest BCUT2D eigenvalue weighted by Gasteiger charge is -2.11. The van der Waals surface area contributed by atoms with Crippen LogP contribution in [0.2, 0.25) is 0 Å². The standard InChI is InChI=1S/C18H13FO2/c1-21-18-9-7-14(13-4-2-3-5-15(13)18)16-10-12(11-20)6-8-17(16)19/h2-11H,1H3. The summed E-state index contributed by atoms with van der Waals surface area (Å²) in [6.45, 7) is 0. The molecule has 0 aliphatic carbocycles. The Balaban J connectivity index is 2.33. The fourth-order valence-corrected chi connectivity index (χ4v) is 2.51. The average Bonchev–Trinajstić information content (AvgIpc) is 2.54. The second kappa shape index (κ2) is 5.37. The van der Waals surface area contributed by atoms with E-state index in [4.69, 9.17) is 4.74 Å². The fourth-order valence-electron chi connectivity index (χ4n) is 2.51. The molecule has 0 bridgehead atoms. The quantitative estimate of drug-likeness (QED) is 0.662. The number of halogens is 1. The number of hydrogen-bond acceptors (Lipinski definition) is 2. The Kier molecular flexibility index (Phi) is 3.40. The second-order valence-corrected chi connectivity index (χ2v) is 4.72. The molecule has 0 aliphatic rings. The Labute approximate surface area is 121 Å². The van der Waals surface area contributed by atoms with Gasteiger partial charge < -0.3 is 4.74 Å². The molecule has 0 aromatic heterocycles. The number of hydrogen-bond donors (Lipinski definition) is 0. The van der Waals surface area contributed by atoms with Crippen molar-refractivity contribution in [3.8, 4) is 16.9 Å². The van der Waals surface area contributed by atoms with E-state index >= 15 is 0 Å². The van der Waals surface area contributed by atoms with Crippen molar-refractivity contribution in [1.29, 1.82) is 0 Å². The van der Waals surface area contributed by atoms with Gasteiger partial charge >= 0.3 is 0 Å². The number of rotatable bonds is 3. The summed E-state index contributed by atoms with van der Waals surface area (Å²) < 4.78 is 19.5. The van der Waals surface area contributed by atoms with E-state index in [1.165, 1.54) is 12.1 Å². The molecule has 0 N–H and O–H groups in total. The highest BCUT2D eigenvalue weighted by Crippen LogP contribution is 2.35. The average molecular weight is 280 g/mol. The van der Waals surface area contributed by atoms with E-state index in [9.17, 15) is 9.18 Å². The third kappa shape index (κ3) is 2.27. The number of carbonyl (C=O) groups is 1. The molecule has 0 radical (unpaired) electrons. The van der Waals surface area contributed by atoms with Gasteiger partial charge in [-0.05, 0) is 41.3 Å².